The minimum atomic E-state index is -0.0680. The van der Waals surface area contributed by atoms with Crippen molar-refractivity contribution in [2.75, 3.05) is 20.2 Å². The van der Waals surface area contributed by atoms with Crippen LogP contribution in [0.25, 0.3) is 0 Å². The van der Waals surface area contributed by atoms with Crippen LogP contribution in [0.2, 0.25) is 0 Å². The molecule has 3 fully saturated rings. The molecule has 4 atom stereocenters. The summed E-state index contributed by atoms with van der Waals surface area (Å²) < 4.78 is 5.62. The van der Waals surface area contributed by atoms with Gasteiger partial charge in [-0.05, 0) is 0 Å². The summed E-state index contributed by atoms with van der Waals surface area (Å²) in [6, 6.07) is 0.390. The predicted molar refractivity (Wildman–Crippen MR) is 48.0 cm³/mol. The molecule has 4 heteroatoms. The monoisotopic (exact) mass is 198 g/mol. The number of nitrogens with zero attached hydrogens (tertiary/aromatic N) is 1. The van der Waals surface area contributed by atoms with E-state index in [9.17, 15) is 4.79 Å². The zero-order valence-electron chi connectivity index (χ0n) is 8.44. The first-order chi connectivity index (χ1) is 6.77. The summed E-state index contributed by atoms with van der Waals surface area (Å²) in [5, 5.41) is 0. The summed E-state index contributed by atoms with van der Waals surface area (Å²) >= 11 is 0. The molecule has 1 spiro atoms. The smallest absolute Gasteiger partial charge is 0.317 e. The second kappa shape index (κ2) is 2.70. The maximum Gasteiger partial charge on any atom is 0.317 e. The van der Waals surface area contributed by atoms with Crippen molar-refractivity contribution >= 4 is 5.97 Å². The van der Waals surface area contributed by atoms with E-state index in [1.54, 1.807) is 0 Å². The maximum absolute atomic E-state index is 11.6. The summed E-state index contributed by atoms with van der Waals surface area (Å²) in [6.07, 6.45) is 3.46. The van der Waals surface area contributed by atoms with Crippen molar-refractivity contribution in [1.82, 2.24) is 0 Å². The minimum Gasteiger partial charge on any atom is -0.469 e. The Labute approximate surface area is 83.3 Å². The lowest BCUT2D eigenvalue weighted by atomic mass is 9.88. The van der Waals surface area contributed by atoms with Gasteiger partial charge in [-0.15, -0.1) is 0 Å². The van der Waals surface area contributed by atoms with Crippen molar-refractivity contribution in [3.63, 3.8) is 0 Å². The lowest BCUT2D eigenvalue weighted by Gasteiger charge is -2.29. The van der Waals surface area contributed by atoms with E-state index in [0.29, 0.717) is 6.04 Å². The Bertz CT molecular complexity index is 277. The fourth-order valence-electron chi connectivity index (χ4n) is 3.51. The average molecular weight is 198 g/mol. The molecule has 0 aliphatic carbocycles. The van der Waals surface area contributed by atoms with E-state index in [4.69, 9.17) is 9.57 Å². The predicted octanol–water partition coefficient (Wildman–Crippen LogP) is 0.472. The molecule has 0 radical (unpaired) electrons. The van der Waals surface area contributed by atoms with Crippen molar-refractivity contribution in [2.24, 2.45) is 5.92 Å². The highest BCUT2D eigenvalue weighted by molar-refractivity contribution is 5.74. The van der Waals surface area contributed by atoms with Crippen molar-refractivity contribution in [3.8, 4) is 0 Å². The molecule has 0 N–H and O–H groups in total. The molecule has 1 unspecified atom stereocenters. The fraction of sp³-hybridized carbons (Fsp3) is 0.900. The number of hydrogen-bond acceptors (Lipinski definition) is 3. The van der Waals surface area contributed by atoms with Crippen LogP contribution in [-0.4, -0.2) is 43.0 Å². The normalized spacial score (nSPS) is 49.4. The van der Waals surface area contributed by atoms with Crippen molar-refractivity contribution < 1.29 is 19.0 Å². The van der Waals surface area contributed by atoms with E-state index in [1.165, 1.54) is 13.5 Å². The van der Waals surface area contributed by atoms with Gasteiger partial charge in [0.05, 0.1) is 7.11 Å². The van der Waals surface area contributed by atoms with Crippen LogP contribution in [0.5, 0.6) is 0 Å². The van der Waals surface area contributed by atoms with Gasteiger partial charge in [0.2, 0.25) is 0 Å². The molecule has 0 aromatic heterocycles. The summed E-state index contributed by atoms with van der Waals surface area (Å²) in [7, 11) is 1.48. The van der Waals surface area contributed by atoms with Crippen molar-refractivity contribution in [3.05, 3.63) is 0 Å². The van der Waals surface area contributed by atoms with Crippen LogP contribution in [0.15, 0.2) is 0 Å². The number of esters is 1. The first-order valence-electron chi connectivity index (χ1n) is 5.40. The molecule has 3 aliphatic rings. The first kappa shape index (κ1) is 8.68. The van der Waals surface area contributed by atoms with Gasteiger partial charge in [-0.2, -0.15) is 9.48 Å². The Morgan fingerprint density at radius 1 is 1.43 bits per heavy atom. The van der Waals surface area contributed by atoms with Gasteiger partial charge < -0.3 is 4.74 Å². The quantitative estimate of drug-likeness (QED) is 0.454. The van der Waals surface area contributed by atoms with E-state index < -0.39 is 0 Å². The van der Waals surface area contributed by atoms with Crippen LogP contribution >= 0.6 is 0 Å². The van der Waals surface area contributed by atoms with Crippen molar-refractivity contribution in [2.45, 2.75) is 31.4 Å². The molecule has 0 aromatic rings. The number of hydrogen-bond donors (Lipinski definition) is 0. The van der Waals surface area contributed by atoms with Crippen LogP contribution in [0.3, 0.4) is 0 Å². The fourth-order valence-corrected chi connectivity index (χ4v) is 3.51. The number of ether oxygens (including phenoxy) is 1. The van der Waals surface area contributed by atoms with Crippen molar-refractivity contribution in [1.29, 1.82) is 0 Å². The van der Waals surface area contributed by atoms with Gasteiger partial charge in [0.15, 0.2) is 0 Å². The van der Waals surface area contributed by atoms with E-state index in [1.807, 2.05) is 0 Å². The van der Waals surface area contributed by atoms with Gasteiger partial charge in [-0.25, -0.2) is 0 Å². The highest BCUT2D eigenvalue weighted by Gasteiger charge is 2.66. The number of hydroxylamine groups is 3. The maximum atomic E-state index is 11.6. The van der Waals surface area contributed by atoms with E-state index >= 15 is 0 Å². The second-order valence-electron chi connectivity index (χ2n) is 4.59. The Kier molecular flexibility index (Phi) is 1.67. The summed E-state index contributed by atoms with van der Waals surface area (Å²) in [5.74, 6) is -0.0575. The molecule has 3 heterocycles. The third-order valence-corrected chi connectivity index (χ3v) is 4.07. The Morgan fingerprint density at radius 2 is 2.29 bits per heavy atom. The molecule has 3 aliphatic heterocycles. The summed E-state index contributed by atoms with van der Waals surface area (Å²) in [4.78, 5) is 17.6. The Hall–Kier alpha value is -0.610. The average Bonchev–Trinajstić information content (AvgIpc) is 2.83. The number of carbonyl (C=O) groups is 1. The van der Waals surface area contributed by atoms with Gasteiger partial charge in [-0.3, -0.25) is 4.79 Å². The number of carbonyl (C=O) groups excluding carboxylic acids is 1. The highest BCUT2D eigenvalue weighted by atomic mass is 16.7. The van der Waals surface area contributed by atoms with Crippen LogP contribution in [0.4, 0.5) is 0 Å². The molecule has 0 amide bonds. The standard InChI is InChI=1S/C10H16NO3/c1-13-10(12)9-7-3-2-5-11(7)6-4-8(9)14-11/h7-9H,2-6H2,1H3/q+1/t7-,8-,9+,11?/m1/s1. The molecule has 0 saturated carbocycles. The van der Waals surface area contributed by atoms with E-state index in [2.05, 4.69) is 0 Å². The molecular weight excluding hydrogens is 182 g/mol. The molecule has 3 saturated heterocycles. The summed E-state index contributed by atoms with van der Waals surface area (Å²) in [6.45, 7) is 2.19. The number of rotatable bonds is 1. The van der Waals surface area contributed by atoms with Crippen LogP contribution in [0.1, 0.15) is 19.3 Å². The third-order valence-electron chi connectivity index (χ3n) is 4.07. The topological polar surface area (TPSA) is 35.5 Å². The number of methoxy groups -OCH3 is 1. The SMILES string of the molecule is COC(=O)[C@H]1[C@H]2CCC[N+]23CC[C@H]1O3. The summed E-state index contributed by atoms with van der Waals surface area (Å²) in [5.41, 5.74) is 0. The minimum absolute atomic E-state index is 0.0104. The second-order valence-corrected chi connectivity index (χ2v) is 4.59. The van der Waals surface area contributed by atoms with Gasteiger partial charge >= 0.3 is 5.97 Å². The zero-order chi connectivity index (χ0) is 9.76. The van der Waals surface area contributed by atoms with Gasteiger partial charge in [0, 0.05) is 19.3 Å². The van der Waals surface area contributed by atoms with Gasteiger partial charge in [0.25, 0.3) is 0 Å². The molecular formula is C10H16NO3+. The lowest BCUT2D eigenvalue weighted by molar-refractivity contribution is -1.09. The Balaban J connectivity index is 1.91. The number of quaternary nitrogens is 1. The third kappa shape index (κ3) is 0.880. The lowest BCUT2D eigenvalue weighted by Crippen LogP contribution is -2.50. The van der Waals surface area contributed by atoms with Crippen LogP contribution in [-0.2, 0) is 14.4 Å². The molecule has 3 rings (SSSR count). The van der Waals surface area contributed by atoms with E-state index in [-0.39, 0.29) is 18.0 Å². The van der Waals surface area contributed by atoms with E-state index in [0.717, 1.165) is 30.6 Å². The highest BCUT2D eigenvalue weighted by Crippen LogP contribution is 2.48. The zero-order valence-corrected chi connectivity index (χ0v) is 8.44. The number of fused-ring (bicyclic) bond motifs is 1. The molecule has 2 bridgehead atoms. The molecule has 14 heavy (non-hydrogen) atoms. The van der Waals surface area contributed by atoms with Gasteiger partial charge in [0.1, 0.15) is 31.2 Å². The van der Waals surface area contributed by atoms with Crippen LogP contribution < -0.4 is 0 Å². The largest absolute Gasteiger partial charge is 0.469 e. The molecule has 0 aromatic carbocycles. The number of piperidine rings is 1. The van der Waals surface area contributed by atoms with Gasteiger partial charge in [-0.1, -0.05) is 0 Å². The molecule has 78 valence electrons. The first-order valence-corrected chi connectivity index (χ1v) is 5.40. The van der Waals surface area contributed by atoms with Crippen LogP contribution in [0, 0.1) is 5.92 Å². The Morgan fingerprint density at radius 3 is 3.07 bits per heavy atom. The molecule has 4 nitrogen and oxygen atoms in total.